The summed E-state index contributed by atoms with van der Waals surface area (Å²) < 4.78 is 6.39. The van der Waals surface area contributed by atoms with Gasteiger partial charge in [-0.15, -0.1) is 0 Å². The zero-order chi connectivity index (χ0) is 18.8. The van der Waals surface area contributed by atoms with E-state index in [0.717, 1.165) is 5.56 Å². The monoisotopic (exact) mass is 388 g/mol. The van der Waals surface area contributed by atoms with Gasteiger partial charge < -0.3 is 20.1 Å². The van der Waals surface area contributed by atoms with Crippen molar-refractivity contribution in [2.24, 2.45) is 5.41 Å². The molecule has 2 rings (SSSR count). The summed E-state index contributed by atoms with van der Waals surface area (Å²) in [7, 11) is 1.86. The highest BCUT2D eigenvalue weighted by Crippen LogP contribution is 2.35. The van der Waals surface area contributed by atoms with Crippen LogP contribution in [0.2, 0.25) is 10.0 Å². The first-order valence-electron chi connectivity index (χ1n) is 8.36. The van der Waals surface area contributed by atoms with E-state index in [1.54, 1.807) is 12.1 Å². The quantitative estimate of drug-likeness (QED) is 0.818. The lowest BCUT2D eigenvalue weighted by atomic mass is 9.88. The molecule has 1 aromatic carbocycles. The lowest BCUT2D eigenvalue weighted by molar-refractivity contribution is -0.0642. The molecule has 140 valence electrons. The van der Waals surface area contributed by atoms with E-state index in [2.05, 4.69) is 26.1 Å². The number of ether oxygens (including phenoxy) is 1. The Morgan fingerprint density at radius 2 is 2.00 bits per heavy atom. The molecule has 25 heavy (non-hydrogen) atoms. The van der Waals surface area contributed by atoms with Crippen LogP contribution in [0.25, 0.3) is 0 Å². The third-order valence-electron chi connectivity index (χ3n) is 4.60. The SMILES string of the molecule is CNC[C@@H]1O[C@@H](C(C)(C)C)CN(C(=O)O)C[C@@H]1c1ccc(Cl)c(Cl)c1. The van der Waals surface area contributed by atoms with Gasteiger partial charge in [0.25, 0.3) is 0 Å². The van der Waals surface area contributed by atoms with Crippen molar-refractivity contribution in [3.63, 3.8) is 0 Å². The number of halogens is 2. The van der Waals surface area contributed by atoms with Gasteiger partial charge in [0, 0.05) is 19.0 Å². The summed E-state index contributed by atoms with van der Waals surface area (Å²) in [6.07, 6.45) is -1.31. The van der Waals surface area contributed by atoms with E-state index in [0.29, 0.717) is 29.7 Å². The first kappa shape index (κ1) is 20.3. The van der Waals surface area contributed by atoms with E-state index in [4.69, 9.17) is 27.9 Å². The molecule has 5 nitrogen and oxygen atoms in total. The minimum Gasteiger partial charge on any atom is -0.465 e. The van der Waals surface area contributed by atoms with Gasteiger partial charge in [-0.1, -0.05) is 50.0 Å². The van der Waals surface area contributed by atoms with Crippen molar-refractivity contribution in [3.8, 4) is 0 Å². The van der Waals surface area contributed by atoms with Gasteiger partial charge in [-0.3, -0.25) is 0 Å². The van der Waals surface area contributed by atoms with Gasteiger partial charge in [0.05, 0.1) is 28.8 Å². The highest BCUT2D eigenvalue weighted by atomic mass is 35.5. The molecule has 1 heterocycles. The first-order valence-corrected chi connectivity index (χ1v) is 9.12. The molecule has 1 aliphatic rings. The smallest absolute Gasteiger partial charge is 0.407 e. The Kier molecular flexibility index (Phi) is 6.60. The van der Waals surface area contributed by atoms with E-state index in [9.17, 15) is 9.90 Å². The van der Waals surface area contributed by atoms with Crippen LogP contribution in [0, 0.1) is 5.41 Å². The predicted molar refractivity (Wildman–Crippen MR) is 101 cm³/mol. The number of carbonyl (C=O) groups is 1. The Morgan fingerprint density at radius 1 is 1.32 bits per heavy atom. The van der Waals surface area contributed by atoms with Crippen LogP contribution in [0.1, 0.15) is 32.3 Å². The minimum absolute atomic E-state index is 0.134. The number of hydrogen-bond acceptors (Lipinski definition) is 3. The summed E-state index contributed by atoms with van der Waals surface area (Å²) in [5, 5.41) is 13.7. The molecule has 1 amide bonds. The molecule has 1 fully saturated rings. The van der Waals surface area contributed by atoms with Gasteiger partial charge in [0.2, 0.25) is 0 Å². The summed E-state index contributed by atoms with van der Waals surface area (Å²) in [4.78, 5) is 13.2. The molecule has 0 aromatic heterocycles. The van der Waals surface area contributed by atoms with Gasteiger partial charge in [-0.25, -0.2) is 4.79 Å². The lowest BCUT2D eigenvalue weighted by Gasteiger charge is -2.34. The molecule has 1 saturated heterocycles. The van der Waals surface area contributed by atoms with Gasteiger partial charge in [-0.2, -0.15) is 0 Å². The number of benzene rings is 1. The van der Waals surface area contributed by atoms with Crippen molar-refractivity contribution in [2.75, 3.05) is 26.7 Å². The maximum absolute atomic E-state index is 11.7. The first-order chi connectivity index (χ1) is 11.6. The minimum atomic E-state index is -0.937. The summed E-state index contributed by atoms with van der Waals surface area (Å²) in [6.45, 7) is 7.50. The average molecular weight is 389 g/mol. The van der Waals surface area contributed by atoms with Gasteiger partial charge in [0.15, 0.2) is 0 Å². The molecule has 2 N–H and O–H groups in total. The maximum Gasteiger partial charge on any atom is 0.407 e. The summed E-state index contributed by atoms with van der Waals surface area (Å²) in [5.41, 5.74) is 0.752. The molecule has 0 unspecified atom stereocenters. The molecule has 7 heteroatoms. The van der Waals surface area contributed by atoms with E-state index in [1.165, 1.54) is 4.90 Å². The Bertz CT molecular complexity index is 619. The van der Waals surface area contributed by atoms with Crippen molar-refractivity contribution in [3.05, 3.63) is 33.8 Å². The van der Waals surface area contributed by atoms with E-state index < -0.39 is 6.09 Å². The highest BCUT2D eigenvalue weighted by Gasteiger charge is 2.39. The summed E-state index contributed by atoms with van der Waals surface area (Å²) in [6, 6.07) is 5.44. The molecule has 1 aromatic rings. The molecule has 1 aliphatic heterocycles. The zero-order valence-corrected chi connectivity index (χ0v) is 16.6. The molecule has 3 atom stereocenters. The van der Waals surface area contributed by atoms with E-state index in [-0.39, 0.29) is 23.5 Å². The number of carboxylic acid groups (broad SMARTS) is 1. The Labute approximate surface area is 159 Å². The number of nitrogens with zero attached hydrogens (tertiary/aromatic N) is 1. The topological polar surface area (TPSA) is 61.8 Å². The van der Waals surface area contributed by atoms with Crippen molar-refractivity contribution in [1.82, 2.24) is 10.2 Å². The third-order valence-corrected chi connectivity index (χ3v) is 5.34. The number of amides is 1. The number of nitrogens with one attached hydrogen (secondary N) is 1. The Hall–Kier alpha value is -1.01. The molecule has 0 spiro atoms. The van der Waals surface area contributed by atoms with Crippen molar-refractivity contribution >= 4 is 29.3 Å². The largest absolute Gasteiger partial charge is 0.465 e. The molecular weight excluding hydrogens is 363 g/mol. The van der Waals surface area contributed by atoms with Crippen molar-refractivity contribution in [1.29, 1.82) is 0 Å². The number of hydrogen-bond donors (Lipinski definition) is 2. The van der Waals surface area contributed by atoms with Crippen molar-refractivity contribution in [2.45, 2.75) is 38.9 Å². The van der Waals surface area contributed by atoms with Crippen LogP contribution in [0.15, 0.2) is 18.2 Å². The summed E-state index contributed by atoms with van der Waals surface area (Å²) in [5.74, 6) is -0.134. The molecule has 0 radical (unpaired) electrons. The van der Waals surface area contributed by atoms with Crippen molar-refractivity contribution < 1.29 is 14.6 Å². The molecular formula is C18H26Cl2N2O3. The lowest BCUT2D eigenvalue weighted by Crippen LogP contribution is -2.42. The van der Waals surface area contributed by atoms with Crippen LogP contribution in [0.3, 0.4) is 0 Å². The fourth-order valence-electron chi connectivity index (χ4n) is 3.07. The highest BCUT2D eigenvalue weighted by molar-refractivity contribution is 6.42. The second-order valence-electron chi connectivity index (χ2n) is 7.55. The Morgan fingerprint density at radius 3 is 2.52 bits per heavy atom. The molecule has 0 aliphatic carbocycles. The van der Waals surface area contributed by atoms with Crippen LogP contribution < -0.4 is 5.32 Å². The van der Waals surface area contributed by atoms with Gasteiger partial charge in [-0.05, 0) is 30.2 Å². The fraction of sp³-hybridized carbons (Fsp3) is 0.611. The van der Waals surface area contributed by atoms with Gasteiger partial charge >= 0.3 is 6.09 Å². The number of rotatable bonds is 3. The van der Waals surface area contributed by atoms with Crippen LogP contribution in [0.4, 0.5) is 4.79 Å². The normalized spacial score (nSPS) is 24.9. The van der Waals surface area contributed by atoms with E-state index in [1.807, 2.05) is 13.1 Å². The van der Waals surface area contributed by atoms with Crippen LogP contribution >= 0.6 is 23.2 Å². The summed E-state index contributed by atoms with van der Waals surface area (Å²) >= 11 is 12.2. The maximum atomic E-state index is 11.7. The average Bonchev–Trinajstić information content (AvgIpc) is 2.70. The predicted octanol–water partition coefficient (Wildman–Crippen LogP) is 4.09. The molecule has 0 bridgehead atoms. The van der Waals surface area contributed by atoms with Crippen LogP contribution in [-0.2, 0) is 4.74 Å². The zero-order valence-electron chi connectivity index (χ0n) is 15.1. The standard InChI is InChI=1S/C18H26Cl2N2O3/c1-18(2,3)16-10-22(17(23)24)9-12(15(25-16)8-21-4)11-5-6-13(19)14(20)7-11/h5-7,12,15-16,21H,8-10H2,1-4H3,(H,23,24)/t12-,15+,16-/m1/s1. The Balaban J connectivity index is 2.42. The third kappa shape index (κ3) is 5.00. The fourth-order valence-corrected chi connectivity index (χ4v) is 3.37. The van der Waals surface area contributed by atoms with Gasteiger partial charge in [0.1, 0.15) is 0 Å². The molecule has 0 saturated carbocycles. The van der Waals surface area contributed by atoms with Crippen LogP contribution in [0.5, 0.6) is 0 Å². The number of likely N-dealkylation sites (N-methyl/N-ethyl adjacent to an activating group) is 1. The second kappa shape index (κ2) is 8.12. The van der Waals surface area contributed by atoms with E-state index >= 15 is 0 Å². The van der Waals surface area contributed by atoms with Crippen LogP contribution in [-0.4, -0.2) is 55.0 Å². The second-order valence-corrected chi connectivity index (χ2v) is 8.37.